The number of nitro groups is 1. The number of benzene rings is 9. The van der Waals surface area contributed by atoms with E-state index < -0.39 is 49.6 Å². The van der Waals surface area contributed by atoms with Gasteiger partial charge in [0.15, 0.2) is 25.6 Å². The minimum Gasteiger partial charge on any atom is -0.497 e. The molecular formula is C85H83ClN12O16S7. The third-order valence-corrected chi connectivity index (χ3v) is 20.7. The van der Waals surface area contributed by atoms with Crippen molar-refractivity contribution in [3.63, 3.8) is 0 Å². The van der Waals surface area contributed by atoms with Crippen molar-refractivity contribution in [1.82, 2.24) is 46.4 Å². The number of sulfonamides is 1. The SMILES string of the molecule is CC(=O)N(C(C)=O)C(=S)NC(=O)c1ccccc1.COc1ccc(C(=O)NC(=S)Nc2ccc([N+](=O)[O-])cc2)cc1.COc1ccc(C(=O)NC(=S)Nc2ccccc2)cc1.O=C(NC(=S)N1C(=O)c2ccccc2S1(=O)=O)c1ccccc1.O=C(NC(=S)NC1CCCCC1)c1ccc(Cl)cc1.O=C(NC(=S)OC1CCCCC1)c1ccccc1. The summed E-state index contributed by atoms with van der Waals surface area (Å²) in [7, 11) is -0.977. The third-order valence-electron chi connectivity index (χ3n) is 17.2. The number of carbonyl (C=O) groups excluding carboxylic acids is 9. The van der Waals surface area contributed by atoms with E-state index in [2.05, 4.69) is 47.9 Å². The molecule has 12 rings (SSSR count). The Morgan fingerprint density at radius 3 is 1.23 bits per heavy atom. The highest BCUT2D eigenvalue weighted by molar-refractivity contribution is 7.92. The van der Waals surface area contributed by atoms with Crippen molar-refractivity contribution in [2.24, 2.45) is 0 Å². The molecule has 9 aromatic carbocycles. The smallest absolute Gasteiger partial charge is 0.275 e. The molecule has 3 aliphatic rings. The van der Waals surface area contributed by atoms with Gasteiger partial charge in [0.2, 0.25) is 11.8 Å². The van der Waals surface area contributed by atoms with Crippen molar-refractivity contribution >= 4 is 196 Å². The summed E-state index contributed by atoms with van der Waals surface area (Å²) >= 11 is 36.0. The van der Waals surface area contributed by atoms with Crippen LogP contribution in [0.1, 0.15) is 151 Å². The Hall–Kier alpha value is -12.6. The Bertz CT molecular complexity index is 5280. The van der Waals surface area contributed by atoms with Crippen molar-refractivity contribution in [3.05, 3.63) is 297 Å². The Balaban J connectivity index is 0.000000201. The van der Waals surface area contributed by atoms with Crippen LogP contribution in [-0.4, -0.2) is 133 Å². The van der Waals surface area contributed by atoms with E-state index in [9.17, 15) is 61.7 Å². The number of fused-ring (bicyclic) bond motifs is 1. The van der Waals surface area contributed by atoms with E-state index >= 15 is 0 Å². The number of amides is 9. The maximum atomic E-state index is 12.4. The van der Waals surface area contributed by atoms with E-state index in [0.29, 0.717) is 71.0 Å². The lowest BCUT2D eigenvalue weighted by atomic mass is 9.96. The van der Waals surface area contributed by atoms with Gasteiger partial charge in [-0.2, -0.15) is 4.31 Å². The first kappa shape index (κ1) is 95.5. The predicted molar refractivity (Wildman–Crippen MR) is 485 cm³/mol. The molecule has 121 heavy (non-hydrogen) atoms. The van der Waals surface area contributed by atoms with Crippen LogP contribution < -0.4 is 57.3 Å². The molecule has 9 amide bonds. The standard InChI is InChI=1S/C15H13N3O4S.C15H10N2O4S2.C15H14N2O2S.C14H17ClN2OS.C14H17NO2S.C12H12N2O3S/c1-22-13-8-2-10(3-9-13)14(19)17-15(23)16-11-4-6-12(7-5-11)18(20)21;18-13(10-6-2-1-3-7-10)16-15(22)17-14(19)11-8-4-5-9-12(11)23(17,20)21;1-19-13-9-7-11(8-10-13)14(18)17-15(20)16-12-5-3-2-4-6-12;15-11-8-6-10(7-9-11)13(18)17-14(19)16-12-4-2-1-3-5-12;16-13(11-7-3-1-4-8-11)15-14(18)17-12-9-5-2-6-10-12;1-8(15)14(9(2)16)12(18)13-11(17)10-6-4-3-5-7-10/h2-9H,1H3,(H2,16,17,19,23);1-9H,(H,16,18,22);2-10H,1H3,(H2,16,17,18,20);6-9,12H,1-5H2,(H2,16,17,18,19);1,3-4,7-8,12H,2,5-6,9-10H2,(H,15,16,18);3-7H,1-2H3,(H,13,17,18). The third kappa shape index (κ3) is 31.6. The normalized spacial score (nSPS) is 12.6. The molecule has 0 bridgehead atoms. The molecule has 36 heteroatoms. The van der Waals surface area contributed by atoms with Gasteiger partial charge in [-0.05, 0) is 257 Å². The molecule has 9 N–H and O–H groups in total. The molecular weight excluding hydrogens is 1700 g/mol. The number of rotatable bonds is 13. The highest BCUT2D eigenvalue weighted by atomic mass is 35.5. The minimum atomic E-state index is -4.09. The zero-order valence-electron chi connectivity index (χ0n) is 65.4. The average molecular weight is 1790 g/mol. The quantitative estimate of drug-likeness (QED) is 0.0294. The van der Waals surface area contributed by atoms with E-state index in [1.54, 1.807) is 166 Å². The number of nitrogens with zero attached hydrogens (tertiary/aromatic N) is 3. The van der Waals surface area contributed by atoms with E-state index in [-0.39, 0.29) is 66.4 Å². The van der Waals surface area contributed by atoms with E-state index in [1.807, 2.05) is 48.5 Å². The van der Waals surface area contributed by atoms with Crippen molar-refractivity contribution in [2.45, 2.75) is 95.1 Å². The van der Waals surface area contributed by atoms with Crippen molar-refractivity contribution in [3.8, 4) is 11.5 Å². The molecule has 2 aliphatic carbocycles. The molecule has 2 saturated carbocycles. The van der Waals surface area contributed by atoms with Crippen LogP contribution >= 0.6 is 84.9 Å². The number of hydrogen-bond donors (Lipinski definition) is 9. The molecule has 628 valence electrons. The molecule has 0 unspecified atom stereocenters. The number of carbonyl (C=O) groups is 9. The van der Waals surface area contributed by atoms with Crippen LogP contribution in [0, 0.1) is 10.1 Å². The van der Waals surface area contributed by atoms with Gasteiger partial charge in [0.05, 0.1) is 24.7 Å². The summed E-state index contributed by atoms with van der Waals surface area (Å²) in [5.41, 5.74) is 4.16. The first-order chi connectivity index (χ1) is 57.9. The van der Waals surface area contributed by atoms with Gasteiger partial charge in [0.1, 0.15) is 22.5 Å². The first-order valence-electron chi connectivity index (χ1n) is 37.0. The van der Waals surface area contributed by atoms with Crippen LogP contribution in [0.4, 0.5) is 17.1 Å². The molecule has 0 radical (unpaired) electrons. The summed E-state index contributed by atoms with van der Waals surface area (Å²) in [6.45, 7) is 2.39. The number of non-ortho nitro benzene ring substituents is 1. The summed E-state index contributed by atoms with van der Waals surface area (Å²) < 4.78 is 40.9. The lowest BCUT2D eigenvalue weighted by Gasteiger charge is -2.24. The Kier molecular flexibility index (Phi) is 38.7. The number of halogens is 1. The topological polar surface area (TPSA) is 373 Å². The van der Waals surface area contributed by atoms with E-state index in [0.717, 1.165) is 36.3 Å². The molecule has 0 spiro atoms. The monoisotopic (exact) mass is 1790 g/mol. The minimum absolute atomic E-state index is 0.0243. The zero-order chi connectivity index (χ0) is 88.0. The predicted octanol–water partition coefficient (Wildman–Crippen LogP) is 14.5. The van der Waals surface area contributed by atoms with Crippen molar-refractivity contribution in [2.75, 3.05) is 24.9 Å². The summed E-state index contributed by atoms with van der Waals surface area (Å²) in [5.74, 6) is -2.61. The van der Waals surface area contributed by atoms with Gasteiger partial charge in [-0.3, -0.25) is 85.2 Å². The molecule has 1 heterocycles. The van der Waals surface area contributed by atoms with Crippen molar-refractivity contribution in [1.29, 1.82) is 0 Å². The summed E-state index contributed by atoms with van der Waals surface area (Å²) in [4.78, 5) is 117. The Morgan fingerprint density at radius 2 is 0.810 bits per heavy atom. The van der Waals surface area contributed by atoms with Gasteiger partial charge in [-0.15, -0.1) is 0 Å². The molecule has 1 aliphatic heterocycles. The lowest BCUT2D eigenvalue weighted by Crippen LogP contribution is -2.47. The number of imide groups is 1. The molecule has 0 saturated heterocycles. The highest BCUT2D eigenvalue weighted by Gasteiger charge is 2.44. The Labute approximate surface area is 735 Å². The fourth-order valence-electron chi connectivity index (χ4n) is 11.2. The number of nitro benzene ring substituents is 1. The highest BCUT2D eigenvalue weighted by Crippen LogP contribution is 2.30. The molecule has 2 fully saturated rings. The summed E-state index contributed by atoms with van der Waals surface area (Å²) in [6, 6.07) is 66.9. The number of methoxy groups -OCH3 is 2. The zero-order valence-corrected chi connectivity index (χ0v) is 71.9. The van der Waals surface area contributed by atoms with Gasteiger partial charge in [-0.1, -0.05) is 122 Å². The van der Waals surface area contributed by atoms with Crippen LogP contribution in [0.25, 0.3) is 0 Å². The summed E-state index contributed by atoms with van der Waals surface area (Å²) in [5, 5.41) is 35.5. The van der Waals surface area contributed by atoms with Crippen molar-refractivity contribution < 1.29 is 70.7 Å². The largest absolute Gasteiger partial charge is 0.497 e. The number of hydrogen-bond acceptors (Lipinski definition) is 22. The average Bonchev–Trinajstić information content (AvgIpc) is 1.59. The van der Waals surface area contributed by atoms with E-state index in [4.69, 9.17) is 99.1 Å². The summed E-state index contributed by atoms with van der Waals surface area (Å²) in [6.07, 6.45) is 11.8. The number of nitrogens with one attached hydrogen (secondary N) is 9. The van der Waals surface area contributed by atoms with Gasteiger partial charge in [0.25, 0.3) is 62.2 Å². The first-order valence-corrected chi connectivity index (χ1v) is 41.3. The van der Waals surface area contributed by atoms with E-state index in [1.165, 1.54) is 94.8 Å². The second-order valence-corrected chi connectivity index (χ2v) is 30.5. The van der Waals surface area contributed by atoms with Crippen LogP contribution in [0.2, 0.25) is 5.02 Å². The van der Waals surface area contributed by atoms with Crippen LogP contribution in [0.5, 0.6) is 11.5 Å². The number of anilines is 2. The molecule has 0 atom stereocenters. The second kappa shape index (κ2) is 49.1. The molecule has 0 aromatic heterocycles. The van der Waals surface area contributed by atoms with Crippen LogP contribution in [0.15, 0.2) is 248 Å². The van der Waals surface area contributed by atoms with Crippen LogP contribution in [-0.2, 0) is 24.3 Å². The number of para-hydroxylation sites is 1. The van der Waals surface area contributed by atoms with Gasteiger partial charge >= 0.3 is 0 Å². The number of ether oxygens (including phenoxy) is 3. The molecule has 28 nitrogen and oxygen atoms in total. The second-order valence-electron chi connectivity index (χ2n) is 25.9. The maximum Gasteiger partial charge on any atom is 0.275 e. The van der Waals surface area contributed by atoms with Gasteiger partial charge in [-0.25, -0.2) is 13.3 Å². The number of thiocarbonyl (C=S) groups is 6. The van der Waals surface area contributed by atoms with Crippen LogP contribution in [0.3, 0.4) is 0 Å². The Morgan fingerprint density at radius 1 is 0.446 bits per heavy atom. The van der Waals surface area contributed by atoms with Gasteiger partial charge in [0, 0.05) is 81.8 Å². The maximum absolute atomic E-state index is 12.4. The molecule has 9 aromatic rings. The van der Waals surface area contributed by atoms with Gasteiger partial charge < -0.3 is 30.2 Å². The lowest BCUT2D eigenvalue weighted by molar-refractivity contribution is -0.384. The fourth-order valence-corrected chi connectivity index (χ4v) is 14.5. The fraction of sp³-hybridized carbons (Fsp3) is 0.188.